The molecule has 2 aromatic rings. The van der Waals surface area contributed by atoms with E-state index in [-0.39, 0.29) is 5.78 Å². The summed E-state index contributed by atoms with van der Waals surface area (Å²) in [5.74, 6) is -1.12. The number of carbonyl (C=O) groups excluding carboxylic acids is 1. The normalized spacial score (nSPS) is 11.6. The highest BCUT2D eigenvalue weighted by Gasteiger charge is 2.24. The van der Waals surface area contributed by atoms with Gasteiger partial charge in [-0.2, -0.15) is 5.26 Å². The van der Waals surface area contributed by atoms with Gasteiger partial charge in [0.1, 0.15) is 0 Å². The minimum absolute atomic E-state index is 0.243. The van der Waals surface area contributed by atoms with Crippen molar-refractivity contribution in [1.82, 2.24) is 4.98 Å². The molecule has 0 aliphatic rings. The molecule has 94 valence electrons. The summed E-state index contributed by atoms with van der Waals surface area (Å²) in [7, 11) is 0. The Morgan fingerprint density at radius 3 is 2.74 bits per heavy atom. The maximum absolute atomic E-state index is 12.4. The van der Waals surface area contributed by atoms with Crippen LogP contribution in [0.25, 0.3) is 0 Å². The highest BCUT2D eigenvalue weighted by molar-refractivity contribution is 9.10. The zero-order valence-corrected chi connectivity index (χ0v) is 11.9. The van der Waals surface area contributed by atoms with Crippen LogP contribution in [0.2, 0.25) is 0 Å². The lowest BCUT2D eigenvalue weighted by Crippen LogP contribution is -2.13. The number of hydrogen-bond donors (Lipinski definition) is 0. The van der Waals surface area contributed by atoms with Crippen LogP contribution in [-0.4, -0.2) is 10.8 Å². The predicted octanol–water partition coefficient (Wildman–Crippen LogP) is 3.64. The summed E-state index contributed by atoms with van der Waals surface area (Å²) in [6, 6.07) is 12.7. The van der Waals surface area contributed by atoms with E-state index in [2.05, 4.69) is 20.9 Å². The Labute approximate surface area is 120 Å². The van der Waals surface area contributed by atoms with Crippen LogP contribution in [0.5, 0.6) is 0 Å². The van der Waals surface area contributed by atoms with E-state index in [4.69, 9.17) is 0 Å². The lowest BCUT2D eigenvalue weighted by Gasteiger charge is -2.09. The molecule has 0 amide bonds. The maximum atomic E-state index is 12.4. The molecule has 3 nitrogen and oxygen atoms in total. The molecule has 19 heavy (non-hydrogen) atoms. The minimum atomic E-state index is -0.875. The average molecular weight is 315 g/mol. The summed E-state index contributed by atoms with van der Waals surface area (Å²) < 4.78 is 0.702. The molecule has 0 radical (unpaired) electrons. The van der Waals surface area contributed by atoms with Gasteiger partial charge in [-0.1, -0.05) is 28.1 Å². The maximum Gasteiger partial charge on any atom is 0.187 e. The van der Waals surface area contributed by atoms with Gasteiger partial charge < -0.3 is 0 Å². The highest BCUT2D eigenvalue weighted by Crippen LogP contribution is 2.25. The summed E-state index contributed by atoms with van der Waals surface area (Å²) in [5.41, 5.74) is 2.03. The number of benzene rings is 1. The van der Waals surface area contributed by atoms with Gasteiger partial charge in [-0.05, 0) is 36.8 Å². The zero-order chi connectivity index (χ0) is 13.8. The fourth-order valence-corrected chi connectivity index (χ4v) is 2.47. The summed E-state index contributed by atoms with van der Waals surface area (Å²) in [4.78, 5) is 16.5. The second-order valence-corrected chi connectivity index (χ2v) is 5.02. The monoisotopic (exact) mass is 314 g/mol. The Balaban J connectivity index is 2.40. The average Bonchev–Trinajstić information content (AvgIpc) is 2.40. The van der Waals surface area contributed by atoms with Crippen LogP contribution < -0.4 is 0 Å². The molecule has 2 rings (SSSR count). The lowest BCUT2D eigenvalue weighted by molar-refractivity contribution is 0.0977. The number of aromatic nitrogens is 1. The van der Waals surface area contributed by atoms with Crippen LogP contribution in [0.1, 0.15) is 27.5 Å². The lowest BCUT2D eigenvalue weighted by atomic mass is 9.95. The van der Waals surface area contributed by atoms with Gasteiger partial charge in [0.05, 0.1) is 11.8 Å². The molecular weight excluding hydrogens is 304 g/mol. The third-order valence-electron chi connectivity index (χ3n) is 2.76. The van der Waals surface area contributed by atoms with Crippen molar-refractivity contribution in [1.29, 1.82) is 5.26 Å². The molecule has 0 aliphatic heterocycles. The van der Waals surface area contributed by atoms with Gasteiger partial charge in [-0.15, -0.1) is 0 Å². The van der Waals surface area contributed by atoms with E-state index in [1.54, 1.807) is 30.5 Å². The first kappa shape index (κ1) is 13.4. The van der Waals surface area contributed by atoms with Gasteiger partial charge in [0.25, 0.3) is 0 Å². The molecule has 1 aromatic carbocycles. The summed E-state index contributed by atoms with van der Waals surface area (Å²) in [5, 5.41) is 9.23. The van der Waals surface area contributed by atoms with Crippen LogP contribution in [-0.2, 0) is 0 Å². The summed E-state index contributed by atoms with van der Waals surface area (Å²) in [6.07, 6.45) is 1.58. The number of Topliss-reactive ketones (excluding diaryl/α,β-unsaturated/α-hetero) is 1. The molecule has 0 spiro atoms. The predicted molar refractivity (Wildman–Crippen MR) is 75.8 cm³/mol. The Morgan fingerprint density at radius 1 is 1.37 bits per heavy atom. The van der Waals surface area contributed by atoms with Crippen molar-refractivity contribution in [2.45, 2.75) is 12.8 Å². The van der Waals surface area contributed by atoms with E-state index < -0.39 is 5.92 Å². The summed E-state index contributed by atoms with van der Waals surface area (Å²) >= 11 is 3.37. The number of rotatable bonds is 3. The Kier molecular flexibility index (Phi) is 4.08. The molecule has 1 atom stereocenters. The first-order valence-corrected chi connectivity index (χ1v) is 6.53. The molecule has 1 unspecified atom stereocenters. The molecule has 1 heterocycles. The van der Waals surface area contributed by atoms with Gasteiger partial charge >= 0.3 is 0 Å². The van der Waals surface area contributed by atoms with E-state index in [0.29, 0.717) is 15.7 Å². The zero-order valence-electron chi connectivity index (χ0n) is 10.3. The number of carbonyl (C=O) groups is 1. The first-order chi connectivity index (χ1) is 9.13. The molecule has 1 aromatic heterocycles. The second kappa shape index (κ2) is 5.77. The standard InChI is InChI=1S/C15H11BrN2O/c1-10-5-6-11(13(16)8-10)15(19)12(9-17)14-4-2-3-7-18-14/h2-8,12H,1H3. The van der Waals surface area contributed by atoms with E-state index >= 15 is 0 Å². The van der Waals surface area contributed by atoms with Gasteiger partial charge in [0.15, 0.2) is 11.7 Å². The van der Waals surface area contributed by atoms with E-state index in [0.717, 1.165) is 5.56 Å². The molecule has 0 bridgehead atoms. The van der Waals surface area contributed by atoms with Crippen LogP contribution in [0.15, 0.2) is 47.1 Å². The summed E-state index contributed by atoms with van der Waals surface area (Å²) in [6.45, 7) is 1.94. The SMILES string of the molecule is Cc1ccc(C(=O)C(C#N)c2ccccn2)c(Br)c1. The van der Waals surface area contributed by atoms with Crippen LogP contribution in [0.3, 0.4) is 0 Å². The van der Waals surface area contributed by atoms with Crippen LogP contribution in [0, 0.1) is 18.3 Å². The molecule has 0 fully saturated rings. The fraction of sp³-hybridized carbons (Fsp3) is 0.133. The number of aryl methyl sites for hydroxylation is 1. The van der Waals surface area contributed by atoms with E-state index in [1.165, 1.54) is 0 Å². The Hall–Kier alpha value is -1.99. The van der Waals surface area contributed by atoms with Crippen molar-refractivity contribution < 1.29 is 4.79 Å². The quantitative estimate of drug-likeness (QED) is 0.813. The van der Waals surface area contributed by atoms with Crippen molar-refractivity contribution in [3.63, 3.8) is 0 Å². The molecule has 0 aliphatic carbocycles. The van der Waals surface area contributed by atoms with Crippen molar-refractivity contribution in [3.8, 4) is 6.07 Å². The fourth-order valence-electron chi connectivity index (χ4n) is 1.78. The van der Waals surface area contributed by atoms with Crippen LogP contribution >= 0.6 is 15.9 Å². The van der Waals surface area contributed by atoms with E-state index in [1.807, 2.05) is 25.1 Å². The first-order valence-electron chi connectivity index (χ1n) is 5.74. The molecule has 0 saturated carbocycles. The molecule has 4 heteroatoms. The number of hydrogen-bond acceptors (Lipinski definition) is 3. The van der Waals surface area contributed by atoms with Gasteiger partial charge in [-0.3, -0.25) is 9.78 Å². The number of halogens is 1. The highest BCUT2D eigenvalue weighted by atomic mass is 79.9. The Morgan fingerprint density at radius 2 is 2.16 bits per heavy atom. The van der Waals surface area contributed by atoms with Crippen molar-refractivity contribution in [3.05, 3.63) is 63.9 Å². The molecule has 0 saturated heterocycles. The molecular formula is C15H11BrN2O. The second-order valence-electron chi connectivity index (χ2n) is 4.16. The third kappa shape index (κ3) is 2.88. The number of nitriles is 1. The van der Waals surface area contributed by atoms with Gasteiger partial charge in [0.2, 0.25) is 0 Å². The molecule has 0 N–H and O–H groups in total. The Bertz CT molecular complexity index is 647. The topological polar surface area (TPSA) is 53.8 Å². The van der Waals surface area contributed by atoms with Crippen molar-refractivity contribution in [2.75, 3.05) is 0 Å². The number of nitrogens with zero attached hydrogens (tertiary/aromatic N) is 2. The number of pyridine rings is 1. The third-order valence-corrected chi connectivity index (χ3v) is 3.42. The number of ketones is 1. The van der Waals surface area contributed by atoms with Crippen molar-refractivity contribution >= 4 is 21.7 Å². The smallest absolute Gasteiger partial charge is 0.187 e. The largest absolute Gasteiger partial charge is 0.292 e. The van der Waals surface area contributed by atoms with Crippen molar-refractivity contribution in [2.24, 2.45) is 0 Å². The van der Waals surface area contributed by atoms with Gasteiger partial charge in [-0.25, -0.2) is 0 Å². The minimum Gasteiger partial charge on any atom is -0.292 e. The van der Waals surface area contributed by atoms with Gasteiger partial charge in [0, 0.05) is 16.2 Å². The van der Waals surface area contributed by atoms with Crippen LogP contribution in [0.4, 0.5) is 0 Å². The van der Waals surface area contributed by atoms with E-state index in [9.17, 15) is 10.1 Å².